The maximum Gasteiger partial charge on any atom is 0.191 e. The average molecular weight is 487 g/mol. The molecule has 0 bridgehead atoms. The number of nitrogens with one attached hydrogen (secondary N) is 2. The molecule has 7 heteroatoms. The van der Waals surface area contributed by atoms with E-state index in [1.807, 2.05) is 12.1 Å². The third kappa shape index (κ3) is 6.88. The first kappa shape index (κ1) is 21.8. The number of aliphatic hydroxyl groups is 1. The van der Waals surface area contributed by atoms with Gasteiger partial charge in [-0.1, -0.05) is 19.3 Å². The first-order chi connectivity index (χ1) is 12.6. The molecule has 3 N–H and O–H groups in total. The second-order valence-corrected chi connectivity index (χ2v) is 7.15. The number of hydrogen-bond acceptors (Lipinski definition) is 4. The van der Waals surface area contributed by atoms with Crippen molar-refractivity contribution in [3.63, 3.8) is 0 Å². The number of guanidine groups is 1. The van der Waals surface area contributed by atoms with Gasteiger partial charge in [-0.15, -0.1) is 24.0 Å². The Kier molecular flexibility index (Phi) is 8.69. The van der Waals surface area contributed by atoms with Crippen LogP contribution in [0.5, 0.6) is 0 Å². The average Bonchev–Trinajstić information content (AvgIpc) is 3.34. The molecule has 1 aliphatic rings. The molecular weight excluding hydrogens is 457 g/mol. The zero-order valence-corrected chi connectivity index (χ0v) is 18.1. The molecule has 1 unspecified atom stereocenters. The molecule has 2 aromatic rings. The van der Waals surface area contributed by atoms with Crippen LogP contribution in [0.25, 0.3) is 0 Å². The highest BCUT2D eigenvalue weighted by molar-refractivity contribution is 14.0. The van der Waals surface area contributed by atoms with Gasteiger partial charge in [0.1, 0.15) is 17.1 Å². The van der Waals surface area contributed by atoms with Gasteiger partial charge in [0.05, 0.1) is 19.1 Å². The molecule has 6 nitrogen and oxygen atoms in total. The first-order valence-corrected chi connectivity index (χ1v) is 9.47. The highest BCUT2D eigenvalue weighted by atomic mass is 127. The lowest BCUT2D eigenvalue weighted by Gasteiger charge is -2.26. The number of nitrogens with zero attached hydrogens (tertiary/aromatic N) is 1. The Hall–Kier alpha value is -1.48. The highest BCUT2D eigenvalue weighted by Gasteiger charge is 2.26. The van der Waals surface area contributed by atoms with Crippen LogP contribution in [-0.2, 0) is 12.0 Å². The summed E-state index contributed by atoms with van der Waals surface area (Å²) in [7, 11) is 0. The fraction of sp³-hybridized carbons (Fsp3) is 0.550. The lowest BCUT2D eigenvalue weighted by molar-refractivity contribution is 0.0436. The highest BCUT2D eigenvalue weighted by Crippen LogP contribution is 2.21. The molecule has 27 heavy (non-hydrogen) atoms. The number of furan rings is 2. The van der Waals surface area contributed by atoms with Crippen molar-refractivity contribution < 1.29 is 13.9 Å². The molecule has 0 amide bonds. The summed E-state index contributed by atoms with van der Waals surface area (Å²) in [5.74, 6) is 2.20. The molecule has 1 fully saturated rings. The summed E-state index contributed by atoms with van der Waals surface area (Å²) in [6.45, 7) is 2.66. The van der Waals surface area contributed by atoms with E-state index in [1.165, 1.54) is 19.3 Å². The van der Waals surface area contributed by atoms with E-state index < -0.39 is 5.60 Å². The topological polar surface area (TPSA) is 82.9 Å². The van der Waals surface area contributed by atoms with Gasteiger partial charge >= 0.3 is 0 Å². The second kappa shape index (κ2) is 10.8. The SMILES string of the molecule is CC(O)(CN=C(NCCc1ccco1)NC1CCCCC1)c1ccco1.I. The molecule has 3 rings (SSSR count). The van der Waals surface area contributed by atoms with Crippen molar-refractivity contribution in [1.82, 2.24) is 10.6 Å². The third-order valence-electron chi connectivity index (χ3n) is 4.79. The fourth-order valence-corrected chi connectivity index (χ4v) is 3.25. The molecule has 1 aliphatic carbocycles. The molecule has 0 aliphatic heterocycles. The number of aliphatic imine (C=N–C) groups is 1. The van der Waals surface area contributed by atoms with Gasteiger partial charge in [-0.05, 0) is 44.0 Å². The predicted molar refractivity (Wildman–Crippen MR) is 116 cm³/mol. The maximum atomic E-state index is 10.6. The third-order valence-corrected chi connectivity index (χ3v) is 4.79. The molecule has 1 atom stereocenters. The van der Waals surface area contributed by atoms with Gasteiger partial charge in [0.2, 0.25) is 0 Å². The lowest BCUT2D eigenvalue weighted by Crippen LogP contribution is -2.45. The van der Waals surface area contributed by atoms with Gasteiger partial charge in [0, 0.05) is 19.0 Å². The molecule has 2 heterocycles. The van der Waals surface area contributed by atoms with Crippen molar-refractivity contribution in [1.29, 1.82) is 0 Å². The van der Waals surface area contributed by atoms with Gasteiger partial charge in [-0.2, -0.15) is 0 Å². The minimum Gasteiger partial charge on any atom is -0.469 e. The van der Waals surface area contributed by atoms with Gasteiger partial charge in [0.15, 0.2) is 5.96 Å². The van der Waals surface area contributed by atoms with Gasteiger partial charge in [-0.3, -0.25) is 0 Å². The van der Waals surface area contributed by atoms with E-state index in [4.69, 9.17) is 8.83 Å². The normalized spacial score (nSPS) is 17.8. The predicted octanol–water partition coefficient (Wildman–Crippen LogP) is 3.81. The van der Waals surface area contributed by atoms with Gasteiger partial charge < -0.3 is 24.6 Å². The zero-order chi connectivity index (χ0) is 18.2. The van der Waals surface area contributed by atoms with Crippen molar-refractivity contribution >= 4 is 29.9 Å². The van der Waals surface area contributed by atoms with E-state index in [1.54, 1.807) is 31.6 Å². The molecule has 2 aromatic heterocycles. The van der Waals surface area contributed by atoms with Crippen molar-refractivity contribution in [2.45, 2.75) is 57.1 Å². The monoisotopic (exact) mass is 487 g/mol. The Morgan fingerprint density at radius 2 is 1.93 bits per heavy atom. The molecule has 0 radical (unpaired) electrons. The minimum absolute atomic E-state index is 0. The summed E-state index contributed by atoms with van der Waals surface area (Å²) in [6, 6.07) is 7.84. The lowest BCUT2D eigenvalue weighted by atomic mass is 9.96. The number of rotatable bonds is 7. The Bertz CT molecular complexity index is 663. The Balaban J connectivity index is 0.00000261. The van der Waals surface area contributed by atoms with Crippen molar-refractivity contribution in [2.24, 2.45) is 4.99 Å². The van der Waals surface area contributed by atoms with Crippen molar-refractivity contribution in [3.05, 3.63) is 48.3 Å². The van der Waals surface area contributed by atoms with Gasteiger partial charge in [-0.25, -0.2) is 4.99 Å². The fourth-order valence-electron chi connectivity index (χ4n) is 3.25. The van der Waals surface area contributed by atoms with Crippen LogP contribution < -0.4 is 10.6 Å². The Labute approximate surface area is 177 Å². The van der Waals surface area contributed by atoms with Crippen LogP contribution >= 0.6 is 24.0 Å². The summed E-state index contributed by atoms with van der Waals surface area (Å²) in [5, 5.41) is 17.5. The Morgan fingerprint density at radius 3 is 2.59 bits per heavy atom. The van der Waals surface area contributed by atoms with E-state index in [9.17, 15) is 5.11 Å². The van der Waals surface area contributed by atoms with Crippen LogP contribution in [0, 0.1) is 0 Å². The van der Waals surface area contributed by atoms with E-state index in [-0.39, 0.29) is 30.5 Å². The van der Waals surface area contributed by atoms with Crippen LogP contribution in [0.2, 0.25) is 0 Å². The van der Waals surface area contributed by atoms with Crippen LogP contribution in [0.1, 0.15) is 50.5 Å². The summed E-state index contributed by atoms with van der Waals surface area (Å²) in [4.78, 5) is 4.62. The quantitative estimate of drug-likeness (QED) is 0.315. The first-order valence-electron chi connectivity index (χ1n) is 9.47. The molecule has 1 saturated carbocycles. The summed E-state index contributed by atoms with van der Waals surface area (Å²) in [6.07, 6.45) is 10.2. The van der Waals surface area contributed by atoms with E-state index in [0.29, 0.717) is 11.8 Å². The molecule has 0 saturated heterocycles. The van der Waals surface area contributed by atoms with Crippen molar-refractivity contribution in [3.8, 4) is 0 Å². The largest absolute Gasteiger partial charge is 0.469 e. The van der Waals surface area contributed by atoms with E-state index >= 15 is 0 Å². The molecular formula is C20H30IN3O3. The van der Waals surface area contributed by atoms with E-state index in [2.05, 4.69) is 15.6 Å². The summed E-state index contributed by atoms with van der Waals surface area (Å²) < 4.78 is 10.7. The minimum atomic E-state index is -1.13. The van der Waals surface area contributed by atoms with E-state index in [0.717, 1.165) is 37.5 Å². The second-order valence-electron chi connectivity index (χ2n) is 7.15. The maximum absolute atomic E-state index is 10.6. The molecule has 0 aromatic carbocycles. The molecule has 0 spiro atoms. The number of hydrogen-bond donors (Lipinski definition) is 3. The van der Waals surface area contributed by atoms with Crippen LogP contribution in [0.4, 0.5) is 0 Å². The summed E-state index contributed by atoms with van der Waals surface area (Å²) >= 11 is 0. The van der Waals surface area contributed by atoms with Crippen molar-refractivity contribution in [2.75, 3.05) is 13.1 Å². The van der Waals surface area contributed by atoms with Gasteiger partial charge in [0.25, 0.3) is 0 Å². The number of halogens is 1. The van der Waals surface area contributed by atoms with Crippen LogP contribution in [0.15, 0.2) is 50.6 Å². The van der Waals surface area contributed by atoms with Crippen LogP contribution in [-0.4, -0.2) is 30.2 Å². The smallest absolute Gasteiger partial charge is 0.191 e. The zero-order valence-electron chi connectivity index (χ0n) is 15.8. The van der Waals surface area contributed by atoms with Crippen LogP contribution in [0.3, 0.4) is 0 Å². The summed E-state index contributed by atoms with van der Waals surface area (Å²) in [5.41, 5.74) is -1.13. The standard InChI is InChI=1S/C20H29N3O3.HI/c1-20(24,18-10-6-14-26-18)15-22-19(23-16-7-3-2-4-8-16)21-12-11-17-9-5-13-25-17;/h5-6,9-10,13-14,16,24H,2-4,7-8,11-12,15H2,1H3,(H2,21,22,23);1H. The Morgan fingerprint density at radius 1 is 1.19 bits per heavy atom. The molecule has 150 valence electrons.